The molecule has 1 unspecified atom stereocenters. The number of hydrogen-bond donors (Lipinski definition) is 2. The maximum absolute atomic E-state index is 14.0. The summed E-state index contributed by atoms with van der Waals surface area (Å²) in [4.78, 5) is 17.7. The second-order valence-electron chi connectivity index (χ2n) is 6.18. The van der Waals surface area contributed by atoms with Crippen LogP contribution in [0.2, 0.25) is 5.02 Å². The van der Waals surface area contributed by atoms with Gasteiger partial charge in [0.2, 0.25) is 0 Å². The lowest BCUT2D eigenvalue weighted by molar-refractivity contribution is 0.0271. The molecule has 0 aliphatic heterocycles. The third-order valence-corrected chi connectivity index (χ3v) is 4.88. The summed E-state index contributed by atoms with van der Waals surface area (Å²) in [5, 5.41) is 3.81. The summed E-state index contributed by atoms with van der Waals surface area (Å²) in [5.74, 6) is -0.351. The first-order valence-corrected chi connectivity index (χ1v) is 8.94. The predicted octanol–water partition coefficient (Wildman–Crippen LogP) is 4.10. The van der Waals surface area contributed by atoms with Gasteiger partial charge in [0.15, 0.2) is 0 Å². The smallest absolute Gasteiger partial charge is 0.276 e. The van der Waals surface area contributed by atoms with Gasteiger partial charge < -0.3 is 5.32 Å². The van der Waals surface area contributed by atoms with Crippen molar-refractivity contribution in [3.8, 4) is 0 Å². The van der Waals surface area contributed by atoms with Crippen LogP contribution in [0.15, 0.2) is 30.3 Å². The van der Waals surface area contributed by atoms with Crippen molar-refractivity contribution in [3.63, 3.8) is 0 Å². The Kier molecular flexibility index (Phi) is 5.57. The third kappa shape index (κ3) is 4.49. The lowest BCUT2D eigenvalue weighted by atomic mass is 10.1. The van der Waals surface area contributed by atoms with E-state index >= 15 is 0 Å². The maximum Gasteiger partial charge on any atom is 0.276 e. The Bertz CT molecular complexity index is 812. The molecule has 7 heteroatoms. The number of benzene rings is 2. The highest BCUT2D eigenvalue weighted by atomic mass is 35.5. The zero-order valence-corrected chi connectivity index (χ0v) is 15.6. The van der Waals surface area contributed by atoms with Crippen LogP contribution in [0.3, 0.4) is 0 Å². The van der Waals surface area contributed by atoms with E-state index in [0.29, 0.717) is 28.9 Å². The highest BCUT2D eigenvalue weighted by molar-refractivity contribution is 7.28. The van der Waals surface area contributed by atoms with Crippen LogP contribution in [0, 0.1) is 18.7 Å². The van der Waals surface area contributed by atoms with Crippen LogP contribution >= 0.6 is 20.8 Å². The van der Waals surface area contributed by atoms with Crippen molar-refractivity contribution in [2.45, 2.75) is 19.8 Å². The van der Waals surface area contributed by atoms with Crippen LogP contribution in [-0.2, 0) is 4.84 Å². The number of halogens is 2. The molecule has 0 aromatic heterocycles. The van der Waals surface area contributed by atoms with Gasteiger partial charge in [-0.25, -0.2) is 9.87 Å². The summed E-state index contributed by atoms with van der Waals surface area (Å²) in [6.45, 7) is 2.42. The van der Waals surface area contributed by atoms with Crippen molar-refractivity contribution in [2.24, 2.45) is 5.92 Å². The molecule has 1 saturated carbocycles. The minimum atomic E-state index is -0.439. The molecular formula is C18H19ClFN2O2P. The van der Waals surface area contributed by atoms with E-state index in [1.165, 1.54) is 12.1 Å². The molecule has 2 aromatic carbocycles. The van der Waals surface area contributed by atoms with E-state index in [9.17, 15) is 9.18 Å². The Morgan fingerprint density at radius 3 is 2.80 bits per heavy atom. The van der Waals surface area contributed by atoms with Crippen molar-refractivity contribution in [1.29, 1.82) is 0 Å². The molecule has 2 N–H and O–H groups in total. The molecule has 4 nitrogen and oxygen atoms in total. The average molecular weight is 381 g/mol. The van der Waals surface area contributed by atoms with Crippen LogP contribution in [0.5, 0.6) is 0 Å². The van der Waals surface area contributed by atoms with Gasteiger partial charge in [0.25, 0.3) is 5.91 Å². The maximum atomic E-state index is 14.0. The van der Waals surface area contributed by atoms with E-state index in [0.717, 1.165) is 18.4 Å². The van der Waals surface area contributed by atoms with E-state index < -0.39 is 11.7 Å². The van der Waals surface area contributed by atoms with Crippen LogP contribution < -0.4 is 16.1 Å². The Hall–Kier alpha value is -1.68. The topological polar surface area (TPSA) is 50.4 Å². The first-order valence-electron chi connectivity index (χ1n) is 7.99. The lowest BCUT2D eigenvalue weighted by Crippen LogP contribution is -2.27. The van der Waals surface area contributed by atoms with E-state index in [4.69, 9.17) is 16.4 Å². The van der Waals surface area contributed by atoms with Gasteiger partial charge in [-0.2, -0.15) is 0 Å². The van der Waals surface area contributed by atoms with Gasteiger partial charge in [0.1, 0.15) is 5.82 Å². The number of carbonyl (C=O) groups excluding carboxylic acids is 1. The van der Waals surface area contributed by atoms with Crippen molar-refractivity contribution >= 4 is 43.4 Å². The average Bonchev–Trinajstić information content (AvgIpc) is 3.38. The second-order valence-corrected chi connectivity index (χ2v) is 7.16. The molecule has 0 spiro atoms. The number of hydrogen-bond acceptors (Lipinski definition) is 3. The molecule has 2 aromatic rings. The number of anilines is 2. The highest BCUT2D eigenvalue weighted by Crippen LogP contribution is 2.30. The van der Waals surface area contributed by atoms with E-state index in [1.54, 1.807) is 12.1 Å². The summed E-state index contributed by atoms with van der Waals surface area (Å²) in [5.41, 5.74) is 4.64. The van der Waals surface area contributed by atoms with Crippen molar-refractivity contribution < 1.29 is 14.0 Å². The van der Waals surface area contributed by atoms with Gasteiger partial charge in [-0.3, -0.25) is 9.63 Å². The second kappa shape index (κ2) is 7.69. The summed E-state index contributed by atoms with van der Waals surface area (Å²) in [6.07, 6.45) is 2.25. The van der Waals surface area contributed by atoms with Crippen LogP contribution in [0.1, 0.15) is 28.8 Å². The first kappa shape index (κ1) is 18.1. The Morgan fingerprint density at radius 1 is 1.36 bits per heavy atom. The van der Waals surface area contributed by atoms with Crippen LogP contribution in [-0.4, -0.2) is 12.5 Å². The molecule has 3 rings (SSSR count). The Balaban J connectivity index is 1.85. The van der Waals surface area contributed by atoms with Crippen molar-refractivity contribution in [2.75, 3.05) is 11.9 Å². The number of amides is 1. The molecule has 132 valence electrons. The molecule has 0 bridgehead atoms. The van der Waals surface area contributed by atoms with Gasteiger partial charge in [-0.05, 0) is 55.5 Å². The van der Waals surface area contributed by atoms with Crippen molar-refractivity contribution in [1.82, 2.24) is 5.48 Å². The fourth-order valence-corrected chi connectivity index (χ4v) is 2.94. The van der Waals surface area contributed by atoms with E-state index in [1.807, 2.05) is 13.0 Å². The fraction of sp³-hybridized carbons (Fsp3) is 0.278. The predicted molar refractivity (Wildman–Crippen MR) is 101 cm³/mol. The minimum absolute atomic E-state index is 0.256. The summed E-state index contributed by atoms with van der Waals surface area (Å²) < 4.78 is 14.0. The lowest BCUT2D eigenvalue weighted by Gasteiger charge is -2.16. The molecule has 0 radical (unpaired) electrons. The van der Waals surface area contributed by atoms with Crippen LogP contribution in [0.4, 0.5) is 15.8 Å². The molecule has 1 atom stereocenters. The molecule has 1 fully saturated rings. The summed E-state index contributed by atoms with van der Waals surface area (Å²) >= 11 is 6.24. The normalized spacial score (nSPS) is 13.6. The minimum Gasteiger partial charge on any atom is -0.353 e. The Morgan fingerprint density at radius 2 is 2.12 bits per heavy atom. The molecule has 1 amide bonds. The molecule has 0 heterocycles. The van der Waals surface area contributed by atoms with Gasteiger partial charge in [-0.1, -0.05) is 17.7 Å². The Labute approximate surface area is 153 Å². The van der Waals surface area contributed by atoms with E-state index in [2.05, 4.69) is 20.0 Å². The largest absolute Gasteiger partial charge is 0.353 e. The van der Waals surface area contributed by atoms with Gasteiger partial charge in [0.05, 0.1) is 28.6 Å². The quantitative estimate of drug-likeness (QED) is 0.586. The van der Waals surface area contributed by atoms with Gasteiger partial charge >= 0.3 is 0 Å². The highest BCUT2D eigenvalue weighted by Gasteiger charge is 2.23. The first-order chi connectivity index (χ1) is 12.0. The molecule has 1 aliphatic carbocycles. The zero-order chi connectivity index (χ0) is 18.0. The van der Waals surface area contributed by atoms with Crippen LogP contribution in [0.25, 0.3) is 0 Å². The van der Waals surface area contributed by atoms with Gasteiger partial charge in [-0.15, -0.1) is 9.24 Å². The summed E-state index contributed by atoms with van der Waals surface area (Å²) in [6, 6.07) is 8.14. The number of nitrogens with one attached hydrogen (secondary N) is 2. The molecule has 25 heavy (non-hydrogen) atoms. The zero-order valence-electron chi connectivity index (χ0n) is 13.7. The van der Waals surface area contributed by atoms with Gasteiger partial charge in [0, 0.05) is 5.30 Å². The molecule has 0 saturated heterocycles. The van der Waals surface area contributed by atoms with E-state index in [-0.39, 0.29) is 10.9 Å². The standard InChI is InChI=1S/C18H19ClFN2O2P/c1-10-2-7-15(13(19)8-10)21-16-12(5-6-14(20)17(16)25)18(23)22-24-9-11-3-4-11/h2,5-8,11,21H,3-4,9,25H2,1H3,(H,22,23). The monoisotopic (exact) mass is 380 g/mol. The summed E-state index contributed by atoms with van der Waals surface area (Å²) in [7, 11) is 2.32. The third-order valence-electron chi connectivity index (χ3n) is 4.00. The molecular weight excluding hydrogens is 362 g/mol. The fourth-order valence-electron chi connectivity index (χ4n) is 2.34. The number of rotatable bonds is 6. The molecule has 1 aliphatic rings. The number of aryl methyl sites for hydroxylation is 1. The SMILES string of the molecule is Cc1ccc(Nc2c(C(=O)NOCC3CC3)ccc(F)c2P)c(Cl)c1. The number of carbonyl (C=O) groups is 1. The number of hydroxylamine groups is 1. The van der Waals surface area contributed by atoms with Crippen molar-refractivity contribution in [3.05, 3.63) is 52.3 Å².